The molecule has 1 aliphatic carbocycles. The third-order valence-corrected chi connectivity index (χ3v) is 8.42. The van der Waals surface area contributed by atoms with Gasteiger partial charge in [0.25, 0.3) is 0 Å². The molecule has 2 atom stereocenters. The monoisotopic (exact) mass is 562 g/mol. The highest BCUT2D eigenvalue weighted by Gasteiger charge is 2.41. The number of amides is 1. The summed E-state index contributed by atoms with van der Waals surface area (Å²) < 4.78 is 40.1. The van der Waals surface area contributed by atoms with Crippen molar-refractivity contribution in [3.8, 4) is 16.9 Å². The van der Waals surface area contributed by atoms with Crippen LogP contribution < -0.4 is 9.64 Å². The van der Waals surface area contributed by atoms with Crippen LogP contribution in [0.3, 0.4) is 0 Å². The van der Waals surface area contributed by atoms with Crippen LogP contribution in [-0.2, 0) is 11.3 Å². The molecule has 216 valence electrons. The Balaban J connectivity index is 1.37. The molecule has 2 aromatic carbocycles. The van der Waals surface area contributed by atoms with Crippen molar-refractivity contribution in [1.82, 2.24) is 14.9 Å². The number of carbonyl (C=O) groups excluding carboxylic acids is 1. The van der Waals surface area contributed by atoms with E-state index in [1.165, 1.54) is 31.6 Å². The SMILES string of the molecule is COc1cc(F)c(C(C)C)cc1-c1cnc(N2CC(F)C2)nc1CN1C(=O)O[C@H](c2cc(C)cc(C3CC3)c2)[C@@H]1C. The maximum atomic E-state index is 14.9. The van der Waals surface area contributed by atoms with Gasteiger partial charge in [-0.3, -0.25) is 4.90 Å². The Kier molecular flexibility index (Phi) is 7.08. The lowest BCUT2D eigenvalue weighted by Gasteiger charge is -2.34. The van der Waals surface area contributed by atoms with Gasteiger partial charge in [-0.15, -0.1) is 0 Å². The number of hydrogen-bond donors (Lipinski definition) is 0. The zero-order valence-corrected chi connectivity index (χ0v) is 24.2. The fourth-order valence-electron chi connectivity index (χ4n) is 5.87. The number of nitrogens with zero attached hydrogens (tertiary/aromatic N) is 4. The summed E-state index contributed by atoms with van der Waals surface area (Å²) in [4.78, 5) is 26.1. The van der Waals surface area contributed by atoms with E-state index >= 15 is 0 Å². The number of hydrogen-bond acceptors (Lipinski definition) is 6. The van der Waals surface area contributed by atoms with Gasteiger partial charge < -0.3 is 14.4 Å². The molecule has 9 heteroatoms. The van der Waals surface area contributed by atoms with Gasteiger partial charge in [-0.05, 0) is 61.3 Å². The number of anilines is 1. The van der Waals surface area contributed by atoms with Crippen LogP contribution in [0.4, 0.5) is 19.5 Å². The average Bonchev–Trinajstić information content (AvgIpc) is 3.73. The van der Waals surface area contributed by atoms with Gasteiger partial charge in [0.15, 0.2) is 0 Å². The van der Waals surface area contributed by atoms with Crippen molar-refractivity contribution in [1.29, 1.82) is 0 Å². The van der Waals surface area contributed by atoms with Gasteiger partial charge >= 0.3 is 6.09 Å². The summed E-state index contributed by atoms with van der Waals surface area (Å²) in [7, 11) is 1.49. The van der Waals surface area contributed by atoms with Crippen LogP contribution in [0.5, 0.6) is 5.75 Å². The molecule has 3 heterocycles. The normalized spacial score (nSPS) is 20.9. The van der Waals surface area contributed by atoms with Gasteiger partial charge in [-0.25, -0.2) is 23.5 Å². The Morgan fingerprint density at radius 2 is 1.83 bits per heavy atom. The van der Waals surface area contributed by atoms with Crippen molar-refractivity contribution in [3.63, 3.8) is 0 Å². The van der Waals surface area contributed by atoms with E-state index in [0.717, 1.165) is 11.1 Å². The molecule has 1 saturated carbocycles. The lowest BCUT2D eigenvalue weighted by molar-refractivity contribution is 0.130. The molecule has 7 nitrogen and oxygen atoms in total. The highest BCUT2D eigenvalue weighted by Crippen LogP contribution is 2.43. The summed E-state index contributed by atoms with van der Waals surface area (Å²) in [5.41, 5.74) is 5.81. The number of carbonyl (C=O) groups is 1. The second-order valence-electron chi connectivity index (χ2n) is 11.9. The van der Waals surface area contributed by atoms with Crippen LogP contribution in [-0.4, -0.2) is 53.4 Å². The zero-order valence-electron chi connectivity index (χ0n) is 24.2. The Labute approximate surface area is 239 Å². The topological polar surface area (TPSA) is 67.8 Å². The van der Waals surface area contributed by atoms with E-state index in [4.69, 9.17) is 14.5 Å². The molecule has 3 fully saturated rings. The highest BCUT2D eigenvalue weighted by atomic mass is 19.1. The maximum absolute atomic E-state index is 14.9. The minimum absolute atomic E-state index is 0.0601. The minimum atomic E-state index is -0.920. The molecule has 0 spiro atoms. The largest absolute Gasteiger partial charge is 0.496 e. The molecule has 0 radical (unpaired) electrons. The maximum Gasteiger partial charge on any atom is 0.411 e. The minimum Gasteiger partial charge on any atom is -0.496 e. The van der Waals surface area contributed by atoms with Crippen LogP contribution in [0.15, 0.2) is 36.5 Å². The van der Waals surface area contributed by atoms with Crippen LogP contribution in [0.1, 0.15) is 79.5 Å². The van der Waals surface area contributed by atoms with Crippen molar-refractivity contribution in [2.24, 2.45) is 0 Å². The first-order chi connectivity index (χ1) is 19.6. The van der Waals surface area contributed by atoms with Crippen molar-refractivity contribution >= 4 is 12.0 Å². The summed E-state index contributed by atoms with van der Waals surface area (Å²) in [6.45, 7) is 8.49. The van der Waals surface area contributed by atoms with Crippen molar-refractivity contribution in [2.75, 3.05) is 25.1 Å². The van der Waals surface area contributed by atoms with Gasteiger partial charge in [-0.2, -0.15) is 0 Å². The second kappa shape index (κ2) is 10.6. The Hall–Kier alpha value is -3.75. The zero-order chi connectivity index (χ0) is 29.0. The highest BCUT2D eigenvalue weighted by molar-refractivity contribution is 5.75. The number of benzene rings is 2. The third-order valence-electron chi connectivity index (χ3n) is 8.42. The number of aromatic nitrogens is 2. The molecule has 0 bridgehead atoms. The van der Waals surface area contributed by atoms with Crippen LogP contribution >= 0.6 is 0 Å². The number of cyclic esters (lactones) is 1. The molecule has 41 heavy (non-hydrogen) atoms. The van der Waals surface area contributed by atoms with Crippen LogP contribution in [0.2, 0.25) is 0 Å². The molecule has 1 amide bonds. The quantitative estimate of drug-likeness (QED) is 0.300. The molecule has 1 aromatic heterocycles. The first-order valence-corrected chi connectivity index (χ1v) is 14.3. The van der Waals surface area contributed by atoms with Crippen molar-refractivity contribution < 1.29 is 23.0 Å². The Bertz CT molecular complexity index is 1490. The average molecular weight is 563 g/mol. The Morgan fingerprint density at radius 3 is 2.49 bits per heavy atom. The van der Waals surface area contributed by atoms with E-state index in [9.17, 15) is 13.6 Å². The molecular weight excluding hydrogens is 526 g/mol. The Morgan fingerprint density at radius 1 is 1.10 bits per heavy atom. The first kappa shape index (κ1) is 27.4. The number of rotatable bonds is 8. The van der Waals surface area contributed by atoms with Gasteiger partial charge in [0.1, 0.15) is 23.8 Å². The predicted octanol–water partition coefficient (Wildman–Crippen LogP) is 6.84. The van der Waals surface area contributed by atoms with E-state index in [1.54, 1.807) is 22.1 Å². The van der Waals surface area contributed by atoms with Gasteiger partial charge in [0.05, 0.1) is 38.5 Å². The van der Waals surface area contributed by atoms with E-state index in [1.807, 2.05) is 20.8 Å². The number of ether oxygens (including phenoxy) is 2. The molecule has 3 aromatic rings. The van der Waals surface area contributed by atoms with E-state index < -0.39 is 18.4 Å². The summed E-state index contributed by atoms with van der Waals surface area (Å²) >= 11 is 0. The predicted molar refractivity (Wildman–Crippen MR) is 153 cm³/mol. The molecule has 2 aliphatic heterocycles. The van der Waals surface area contributed by atoms with Gasteiger partial charge in [0.2, 0.25) is 5.95 Å². The second-order valence-corrected chi connectivity index (χ2v) is 11.9. The number of aryl methyl sites for hydroxylation is 1. The summed E-state index contributed by atoms with van der Waals surface area (Å²) in [6.07, 6.45) is 2.29. The molecule has 6 rings (SSSR count). The van der Waals surface area contributed by atoms with Crippen LogP contribution in [0, 0.1) is 12.7 Å². The third kappa shape index (κ3) is 5.22. The van der Waals surface area contributed by atoms with E-state index in [0.29, 0.717) is 40.0 Å². The van der Waals surface area contributed by atoms with Crippen molar-refractivity contribution in [2.45, 2.75) is 77.2 Å². The first-order valence-electron chi connectivity index (χ1n) is 14.3. The molecular formula is C32H36F2N4O3. The number of halogens is 2. The standard InChI is InChI=1S/C32H36F2N4O3/c1-17(2)24-11-25(29(40-5)12-27(24)34)26-13-35-31(37-14-23(33)15-37)36-28(26)16-38-19(4)30(41-32(38)39)22-9-18(3)8-21(10-22)20-6-7-20/h8-13,17,19-20,23,30H,6-7,14-16H2,1-5H3/t19-,30-/m0/s1. The fraction of sp³-hybridized carbons (Fsp3) is 0.469. The van der Waals surface area contributed by atoms with Gasteiger partial charge in [-0.1, -0.05) is 37.6 Å². The summed E-state index contributed by atoms with van der Waals surface area (Å²) in [6, 6.07) is 9.36. The lowest BCUT2D eigenvalue weighted by atomic mass is 9.95. The number of alkyl halides is 1. The molecule has 3 aliphatic rings. The number of methoxy groups -OCH3 is 1. The van der Waals surface area contributed by atoms with Crippen molar-refractivity contribution in [3.05, 3.63) is 70.3 Å². The van der Waals surface area contributed by atoms with E-state index in [-0.39, 0.29) is 37.4 Å². The summed E-state index contributed by atoms with van der Waals surface area (Å²) in [5.74, 6) is 0.922. The van der Waals surface area contributed by atoms with Gasteiger partial charge in [0, 0.05) is 23.4 Å². The van der Waals surface area contributed by atoms with Crippen LogP contribution in [0.25, 0.3) is 11.1 Å². The van der Waals surface area contributed by atoms with E-state index in [2.05, 4.69) is 30.1 Å². The smallest absolute Gasteiger partial charge is 0.411 e. The molecule has 0 unspecified atom stereocenters. The molecule has 0 N–H and O–H groups in total. The summed E-state index contributed by atoms with van der Waals surface area (Å²) in [5, 5.41) is 0. The lowest BCUT2D eigenvalue weighted by Crippen LogP contribution is -2.49. The molecule has 2 saturated heterocycles. The fourth-order valence-corrected chi connectivity index (χ4v) is 5.87.